The van der Waals surface area contributed by atoms with Gasteiger partial charge in [0.25, 0.3) is 0 Å². The molecule has 3 fully saturated rings. The number of fused-ring (bicyclic) bond motifs is 5. The Kier molecular flexibility index (Phi) is 3.71. The molecule has 0 aromatic carbocycles. The molecule has 4 aliphatic rings. The minimum Gasteiger partial charge on any atom is -0.354 e. The van der Waals surface area contributed by atoms with Crippen LogP contribution in [-0.2, 0) is 14.4 Å². The Labute approximate surface area is 135 Å². The summed E-state index contributed by atoms with van der Waals surface area (Å²) in [6.07, 6.45) is 7.77. The molecule has 3 amide bonds. The van der Waals surface area contributed by atoms with E-state index in [4.69, 9.17) is 0 Å². The molecule has 0 aromatic heterocycles. The van der Waals surface area contributed by atoms with Crippen molar-refractivity contribution in [2.24, 2.45) is 23.7 Å². The van der Waals surface area contributed by atoms with Crippen LogP contribution in [0.15, 0.2) is 12.2 Å². The number of nitrogens with zero attached hydrogens (tertiary/aromatic N) is 1. The van der Waals surface area contributed by atoms with Gasteiger partial charge in [0.15, 0.2) is 0 Å². The average molecular weight is 317 g/mol. The molecule has 2 heterocycles. The molecule has 6 nitrogen and oxygen atoms in total. The van der Waals surface area contributed by atoms with E-state index < -0.39 is 0 Å². The van der Waals surface area contributed by atoms with Crippen molar-refractivity contribution in [3.05, 3.63) is 12.2 Å². The van der Waals surface area contributed by atoms with Crippen molar-refractivity contribution in [1.82, 2.24) is 15.5 Å². The Morgan fingerprint density at radius 3 is 2.52 bits per heavy atom. The lowest BCUT2D eigenvalue weighted by atomic mass is 9.85. The van der Waals surface area contributed by atoms with Crippen LogP contribution in [0, 0.1) is 23.7 Å². The Morgan fingerprint density at radius 2 is 1.91 bits per heavy atom. The van der Waals surface area contributed by atoms with Gasteiger partial charge in [-0.15, -0.1) is 0 Å². The SMILES string of the molecule is O=C(CC1CCCN1)NCCN1C(=O)C2C3C=CC(C3)C2C1=O. The van der Waals surface area contributed by atoms with Gasteiger partial charge in [0.1, 0.15) is 0 Å². The minimum atomic E-state index is -0.143. The van der Waals surface area contributed by atoms with Crippen LogP contribution in [0.1, 0.15) is 25.7 Å². The van der Waals surface area contributed by atoms with E-state index in [1.807, 2.05) is 0 Å². The van der Waals surface area contributed by atoms with Crippen LogP contribution in [0.5, 0.6) is 0 Å². The maximum absolute atomic E-state index is 12.5. The second kappa shape index (κ2) is 5.74. The standard InChI is InChI=1S/C17H23N3O3/c21-13(9-12-2-1-5-18-12)19-6-7-20-16(22)14-10-3-4-11(8-10)15(14)17(20)23/h3-4,10-12,14-15,18H,1-2,5-9H2,(H,19,21). The molecule has 5 unspecified atom stereocenters. The quantitative estimate of drug-likeness (QED) is 0.555. The molecule has 5 atom stereocenters. The van der Waals surface area contributed by atoms with Crippen molar-refractivity contribution in [3.8, 4) is 0 Å². The number of carbonyl (C=O) groups is 3. The highest BCUT2D eigenvalue weighted by Gasteiger charge is 2.58. The lowest BCUT2D eigenvalue weighted by Crippen LogP contribution is -2.40. The Bertz CT molecular complexity index is 537. The highest BCUT2D eigenvalue weighted by Crippen LogP contribution is 2.52. The maximum atomic E-state index is 12.5. The number of rotatable bonds is 5. The van der Waals surface area contributed by atoms with Gasteiger partial charge in [0, 0.05) is 25.6 Å². The van der Waals surface area contributed by atoms with Crippen molar-refractivity contribution in [1.29, 1.82) is 0 Å². The molecule has 2 bridgehead atoms. The zero-order valence-electron chi connectivity index (χ0n) is 13.2. The van der Waals surface area contributed by atoms with E-state index in [2.05, 4.69) is 22.8 Å². The van der Waals surface area contributed by atoms with Crippen LogP contribution in [0.25, 0.3) is 0 Å². The van der Waals surface area contributed by atoms with Gasteiger partial charge in [-0.2, -0.15) is 0 Å². The zero-order valence-corrected chi connectivity index (χ0v) is 13.2. The smallest absolute Gasteiger partial charge is 0.233 e. The molecule has 0 radical (unpaired) electrons. The number of hydrogen-bond acceptors (Lipinski definition) is 4. The molecule has 23 heavy (non-hydrogen) atoms. The summed E-state index contributed by atoms with van der Waals surface area (Å²) in [6.45, 7) is 1.63. The number of carbonyl (C=O) groups excluding carboxylic acids is 3. The van der Waals surface area contributed by atoms with E-state index in [1.165, 1.54) is 4.90 Å². The third-order valence-electron chi connectivity index (χ3n) is 5.81. The van der Waals surface area contributed by atoms with E-state index in [0.29, 0.717) is 19.5 Å². The van der Waals surface area contributed by atoms with Crippen molar-refractivity contribution < 1.29 is 14.4 Å². The summed E-state index contributed by atoms with van der Waals surface area (Å²) in [7, 11) is 0. The summed E-state index contributed by atoms with van der Waals surface area (Å²) >= 11 is 0. The molecule has 4 rings (SSSR count). The first-order valence-electron chi connectivity index (χ1n) is 8.69. The number of imide groups is 1. The summed E-state index contributed by atoms with van der Waals surface area (Å²) in [5.74, 6) is 0.119. The summed E-state index contributed by atoms with van der Waals surface area (Å²) in [5, 5.41) is 6.13. The molecule has 2 aliphatic carbocycles. The summed E-state index contributed by atoms with van der Waals surface area (Å²) < 4.78 is 0. The molecule has 6 heteroatoms. The molecule has 0 aromatic rings. The number of allylic oxidation sites excluding steroid dienone is 2. The fourth-order valence-electron chi connectivity index (χ4n) is 4.72. The van der Waals surface area contributed by atoms with Crippen LogP contribution >= 0.6 is 0 Å². The second-order valence-electron chi connectivity index (χ2n) is 7.18. The van der Waals surface area contributed by atoms with E-state index in [0.717, 1.165) is 25.8 Å². The summed E-state index contributed by atoms with van der Waals surface area (Å²) in [5.41, 5.74) is 0. The highest BCUT2D eigenvalue weighted by molar-refractivity contribution is 6.06. The second-order valence-corrected chi connectivity index (χ2v) is 7.18. The van der Waals surface area contributed by atoms with Gasteiger partial charge in [-0.25, -0.2) is 0 Å². The zero-order chi connectivity index (χ0) is 16.0. The monoisotopic (exact) mass is 317 g/mol. The van der Waals surface area contributed by atoms with E-state index >= 15 is 0 Å². The topological polar surface area (TPSA) is 78.5 Å². The first-order chi connectivity index (χ1) is 11.1. The largest absolute Gasteiger partial charge is 0.354 e. The van der Waals surface area contributed by atoms with Gasteiger partial charge in [0.05, 0.1) is 11.8 Å². The van der Waals surface area contributed by atoms with Crippen LogP contribution in [0.4, 0.5) is 0 Å². The first-order valence-corrected chi connectivity index (χ1v) is 8.69. The van der Waals surface area contributed by atoms with Crippen molar-refractivity contribution in [2.45, 2.75) is 31.7 Å². The number of nitrogens with one attached hydrogen (secondary N) is 2. The van der Waals surface area contributed by atoms with Crippen LogP contribution < -0.4 is 10.6 Å². The molecule has 124 valence electrons. The molecule has 2 N–H and O–H groups in total. The van der Waals surface area contributed by atoms with Gasteiger partial charge >= 0.3 is 0 Å². The van der Waals surface area contributed by atoms with Gasteiger partial charge < -0.3 is 10.6 Å². The van der Waals surface area contributed by atoms with Crippen molar-refractivity contribution in [3.63, 3.8) is 0 Å². The lowest BCUT2D eigenvalue weighted by molar-refractivity contribution is -0.141. The molecule has 2 aliphatic heterocycles. The first kappa shape index (κ1) is 14.9. The van der Waals surface area contributed by atoms with Gasteiger partial charge in [0.2, 0.25) is 17.7 Å². The maximum Gasteiger partial charge on any atom is 0.233 e. The number of amides is 3. The third-order valence-corrected chi connectivity index (χ3v) is 5.81. The predicted octanol–water partition coefficient (Wildman–Crippen LogP) is 0.0518. The fourth-order valence-corrected chi connectivity index (χ4v) is 4.72. The Balaban J connectivity index is 1.28. The molecular formula is C17H23N3O3. The average Bonchev–Trinajstić information content (AvgIpc) is 3.28. The van der Waals surface area contributed by atoms with Crippen LogP contribution in [-0.4, -0.2) is 48.3 Å². The minimum absolute atomic E-state index is 0.00887. The van der Waals surface area contributed by atoms with Gasteiger partial charge in [-0.3, -0.25) is 19.3 Å². The van der Waals surface area contributed by atoms with Crippen molar-refractivity contribution >= 4 is 17.7 Å². The Morgan fingerprint density at radius 1 is 1.22 bits per heavy atom. The van der Waals surface area contributed by atoms with E-state index in [-0.39, 0.29) is 47.4 Å². The highest BCUT2D eigenvalue weighted by atomic mass is 16.2. The van der Waals surface area contributed by atoms with Gasteiger partial charge in [-0.1, -0.05) is 12.2 Å². The van der Waals surface area contributed by atoms with Crippen molar-refractivity contribution in [2.75, 3.05) is 19.6 Å². The van der Waals surface area contributed by atoms with E-state index in [1.54, 1.807) is 0 Å². The Hall–Kier alpha value is -1.69. The normalized spacial score (nSPS) is 37.7. The van der Waals surface area contributed by atoms with Gasteiger partial charge in [-0.05, 0) is 37.6 Å². The molecule has 1 saturated carbocycles. The van der Waals surface area contributed by atoms with Crippen LogP contribution in [0.3, 0.4) is 0 Å². The molecule has 2 saturated heterocycles. The van der Waals surface area contributed by atoms with E-state index in [9.17, 15) is 14.4 Å². The molecular weight excluding hydrogens is 294 g/mol. The predicted molar refractivity (Wildman–Crippen MR) is 83.1 cm³/mol. The van der Waals surface area contributed by atoms with Crippen LogP contribution in [0.2, 0.25) is 0 Å². The third kappa shape index (κ3) is 2.49. The number of likely N-dealkylation sites (tertiary alicyclic amines) is 1. The molecule has 0 spiro atoms. The fraction of sp³-hybridized carbons (Fsp3) is 0.706. The summed E-state index contributed by atoms with van der Waals surface area (Å²) in [4.78, 5) is 38.2. The summed E-state index contributed by atoms with van der Waals surface area (Å²) in [6, 6.07) is 0.270. The lowest BCUT2D eigenvalue weighted by Gasteiger charge is -2.18. The number of hydrogen-bond donors (Lipinski definition) is 2.